The van der Waals surface area contributed by atoms with E-state index in [9.17, 15) is 0 Å². The zero-order chi connectivity index (χ0) is 34.2. The van der Waals surface area contributed by atoms with Crippen molar-refractivity contribution < 1.29 is 9.05 Å². The van der Waals surface area contributed by atoms with Gasteiger partial charge >= 0.3 is 0 Å². The van der Waals surface area contributed by atoms with Crippen LogP contribution in [-0.2, 0) is 9.05 Å². The summed E-state index contributed by atoms with van der Waals surface area (Å²) in [4.78, 5) is 0. The zero-order valence-corrected chi connectivity index (χ0v) is 33.3. The van der Waals surface area contributed by atoms with Crippen LogP contribution >= 0.6 is 28.1 Å². The Bertz CT molecular complexity index is 1440. The third kappa shape index (κ3) is 8.25. The minimum absolute atomic E-state index is 0.475. The summed E-state index contributed by atoms with van der Waals surface area (Å²) in [5.74, 6) is 0. The van der Waals surface area contributed by atoms with Gasteiger partial charge in [0.25, 0.3) is 0 Å². The molecular weight excluding hydrogens is 630 g/mol. The van der Waals surface area contributed by atoms with E-state index in [1.807, 2.05) is 0 Å². The van der Waals surface area contributed by atoms with Crippen LogP contribution < -0.4 is 21.2 Å². The number of benzene rings is 4. The maximum Gasteiger partial charge on any atom is 0.0928 e. The van der Waals surface area contributed by atoms with Gasteiger partial charge in [0.05, 0.1) is 29.5 Å². The minimum atomic E-state index is -0.930. The lowest BCUT2D eigenvalue weighted by Gasteiger charge is -2.28. The van der Waals surface area contributed by atoms with E-state index >= 15 is 0 Å². The Morgan fingerprint density at radius 2 is 0.638 bits per heavy atom. The molecule has 1 aliphatic rings. The van der Waals surface area contributed by atoms with Crippen LogP contribution in [0.15, 0.2) is 48.5 Å². The van der Waals surface area contributed by atoms with Crippen LogP contribution in [0, 0.1) is 83.1 Å². The number of aryl methyl sites for hydroxylation is 12. The fourth-order valence-corrected chi connectivity index (χ4v) is 14.1. The van der Waals surface area contributed by atoms with E-state index in [1.54, 1.807) is 0 Å². The summed E-state index contributed by atoms with van der Waals surface area (Å²) in [6.45, 7) is 28.4. The van der Waals surface area contributed by atoms with Crippen LogP contribution in [-0.4, -0.2) is 23.7 Å². The molecule has 2 atom stereocenters. The van der Waals surface area contributed by atoms with Gasteiger partial charge in [-0.05, 0) is 140 Å². The zero-order valence-electron chi connectivity index (χ0n) is 30.7. The molecule has 2 nitrogen and oxygen atoms in total. The quantitative estimate of drug-likeness (QED) is 0.155. The van der Waals surface area contributed by atoms with Crippen LogP contribution in [0.4, 0.5) is 0 Å². The van der Waals surface area contributed by atoms with E-state index in [0.29, 0.717) is 10.5 Å². The van der Waals surface area contributed by atoms with Gasteiger partial charge < -0.3 is 9.05 Å². The molecule has 1 saturated heterocycles. The van der Waals surface area contributed by atoms with E-state index in [-0.39, 0.29) is 0 Å². The number of thioether (sulfide) groups is 1. The first-order chi connectivity index (χ1) is 22.2. The Balaban J connectivity index is 1.35. The second-order valence-corrected chi connectivity index (χ2v) is 19.2. The molecule has 0 aliphatic carbocycles. The molecule has 0 radical (unpaired) electrons. The van der Waals surface area contributed by atoms with Gasteiger partial charge in [-0.25, -0.2) is 0 Å². The second-order valence-electron chi connectivity index (χ2n) is 14.1. The monoisotopic (exact) mass is 684 g/mol. The maximum atomic E-state index is 7.11. The normalized spacial score (nSPS) is 16.6. The van der Waals surface area contributed by atoms with E-state index in [4.69, 9.17) is 9.05 Å². The van der Waals surface area contributed by atoms with Crippen LogP contribution in [0.5, 0.6) is 0 Å². The van der Waals surface area contributed by atoms with Crippen LogP contribution in [0.1, 0.15) is 79.6 Å². The molecular formula is C42H54O2P2S. The van der Waals surface area contributed by atoms with Crippen molar-refractivity contribution in [3.05, 3.63) is 115 Å². The molecule has 5 heteroatoms. The predicted octanol–water partition coefficient (Wildman–Crippen LogP) is 10.1. The molecule has 4 aromatic carbocycles. The van der Waals surface area contributed by atoms with Crippen LogP contribution in [0.25, 0.3) is 0 Å². The number of rotatable bonds is 10. The minimum Gasteiger partial charge on any atom is -0.348 e. The third-order valence-corrected chi connectivity index (χ3v) is 16.1. The van der Waals surface area contributed by atoms with Crippen molar-refractivity contribution in [2.75, 3.05) is 13.2 Å². The average Bonchev–Trinajstić information content (AvgIpc) is 3.39. The maximum absolute atomic E-state index is 7.11. The SMILES string of the molecule is Cc1cc(C)c(P(OC[C@H]2CC[C@H](COP(c3c(C)cc(C)cc3C)c3c(C)cc(C)cc3C)S2)c2c(C)cc(C)cc2C)c(C)c1. The van der Waals surface area contributed by atoms with Crippen molar-refractivity contribution in [2.45, 2.75) is 106 Å². The van der Waals surface area contributed by atoms with Gasteiger partial charge in [-0.15, -0.1) is 0 Å². The van der Waals surface area contributed by atoms with Crippen molar-refractivity contribution in [3.63, 3.8) is 0 Å². The highest BCUT2D eigenvalue weighted by molar-refractivity contribution is 8.00. The third-order valence-electron chi connectivity index (χ3n) is 9.33. The summed E-state index contributed by atoms with van der Waals surface area (Å²) in [7, 11) is -1.86. The molecule has 0 aromatic heterocycles. The molecule has 1 aliphatic heterocycles. The van der Waals surface area contributed by atoms with E-state index in [2.05, 4.69) is 143 Å². The molecule has 1 fully saturated rings. The number of hydrogen-bond donors (Lipinski definition) is 0. The predicted molar refractivity (Wildman–Crippen MR) is 211 cm³/mol. The van der Waals surface area contributed by atoms with Gasteiger partial charge in [-0.1, -0.05) is 70.8 Å². The van der Waals surface area contributed by atoms with Gasteiger partial charge in [-0.2, -0.15) is 11.8 Å². The highest BCUT2D eigenvalue weighted by atomic mass is 32.2. The second kappa shape index (κ2) is 15.3. The van der Waals surface area contributed by atoms with E-state index in [1.165, 1.54) is 101 Å². The lowest BCUT2D eigenvalue weighted by atomic mass is 10.1. The Labute approximate surface area is 292 Å². The summed E-state index contributed by atoms with van der Waals surface area (Å²) >= 11 is 2.09. The van der Waals surface area contributed by atoms with E-state index < -0.39 is 16.3 Å². The topological polar surface area (TPSA) is 18.5 Å². The average molecular weight is 685 g/mol. The molecule has 47 heavy (non-hydrogen) atoms. The fraction of sp³-hybridized carbons (Fsp3) is 0.429. The van der Waals surface area contributed by atoms with Gasteiger partial charge in [0.1, 0.15) is 0 Å². The Hall–Kier alpha value is -1.99. The Morgan fingerprint density at radius 3 is 0.851 bits per heavy atom. The van der Waals surface area contributed by atoms with Crippen molar-refractivity contribution in [2.24, 2.45) is 0 Å². The molecule has 0 N–H and O–H groups in total. The lowest BCUT2D eigenvalue weighted by Crippen LogP contribution is -2.25. The molecule has 5 rings (SSSR count). The van der Waals surface area contributed by atoms with Gasteiger partial charge in [0, 0.05) is 31.7 Å². The molecule has 0 unspecified atom stereocenters. The molecule has 0 bridgehead atoms. The fourth-order valence-electron chi connectivity index (χ4n) is 7.79. The van der Waals surface area contributed by atoms with E-state index in [0.717, 1.165) is 13.2 Å². The molecule has 4 aromatic rings. The first-order valence-corrected chi connectivity index (χ1v) is 20.5. The first-order valence-electron chi connectivity index (χ1n) is 17.1. The lowest BCUT2D eigenvalue weighted by molar-refractivity contribution is 0.346. The van der Waals surface area contributed by atoms with Crippen molar-refractivity contribution >= 4 is 49.3 Å². The Morgan fingerprint density at radius 1 is 0.426 bits per heavy atom. The molecule has 0 saturated carbocycles. The number of hydrogen-bond acceptors (Lipinski definition) is 3. The summed E-state index contributed by atoms with van der Waals surface area (Å²) < 4.78 is 14.2. The molecule has 0 spiro atoms. The summed E-state index contributed by atoms with van der Waals surface area (Å²) in [6, 6.07) is 18.6. The standard InChI is InChI=1S/C42H54O2P2S/c1-25-15-29(5)39(30(6)16-25)45(40-31(7)17-26(2)18-32(40)8)43-23-37-13-14-38(47-37)24-44-46(41-33(9)19-27(3)20-34(41)10)42-35(11)21-28(4)22-36(42)12/h15-22,37-38H,13-14,23-24H2,1-12H3/t37-,38-/m1/s1. The highest BCUT2D eigenvalue weighted by Gasteiger charge is 2.31. The van der Waals surface area contributed by atoms with Crippen molar-refractivity contribution in [3.8, 4) is 0 Å². The molecule has 1 heterocycles. The van der Waals surface area contributed by atoms with Gasteiger partial charge in [0.15, 0.2) is 0 Å². The van der Waals surface area contributed by atoms with Crippen LogP contribution in [0.3, 0.4) is 0 Å². The largest absolute Gasteiger partial charge is 0.348 e. The van der Waals surface area contributed by atoms with Crippen molar-refractivity contribution in [1.82, 2.24) is 0 Å². The Kier molecular flexibility index (Phi) is 11.8. The summed E-state index contributed by atoms with van der Waals surface area (Å²) in [6.07, 6.45) is 2.34. The van der Waals surface area contributed by atoms with Crippen LogP contribution in [0.2, 0.25) is 0 Å². The summed E-state index contributed by atoms with van der Waals surface area (Å²) in [5.41, 5.74) is 16.0. The molecule has 0 amide bonds. The van der Waals surface area contributed by atoms with Crippen molar-refractivity contribution in [1.29, 1.82) is 0 Å². The van der Waals surface area contributed by atoms with Gasteiger partial charge in [0.2, 0.25) is 0 Å². The highest BCUT2D eigenvalue weighted by Crippen LogP contribution is 2.45. The first kappa shape index (κ1) is 36.3. The van der Waals surface area contributed by atoms with Gasteiger partial charge in [-0.3, -0.25) is 0 Å². The summed E-state index contributed by atoms with van der Waals surface area (Å²) in [5, 5.41) is 6.51. The molecule has 250 valence electrons. The smallest absolute Gasteiger partial charge is 0.0928 e.